The van der Waals surface area contributed by atoms with E-state index in [9.17, 15) is 9.59 Å². The molecule has 28 heavy (non-hydrogen) atoms. The van der Waals surface area contributed by atoms with Gasteiger partial charge in [-0.15, -0.1) is 0 Å². The van der Waals surface area contributed by atoms with Gasteiger partial charge >= 0.3 is 0 Å². The smallest absolute Gasteiger partial charge is 0.279 e. The van der Waals surface area contributed by atoms with Gasteiger partial charge in [-0.1, -0.05) is 30.3 Å². The SMILES string of the molecule is Cc1cc(C)n(CCC(=O)NNC(=O)C(C)Oc2ccc3ccccc3c2)n1. The molecule has 7 nitrogen and oxygen atoms in total. The van der Waals surface area contributed by atoms with Gasteiger partial charge in [0.25, 0.3) is 5.91 Å². The van der Waals surface area contributed by atoms with Crippen LogP contribution >= 0.6 is 0 Å². The van der Waals surface area contributed by atoms with Crippen LogP contribution < -0.4 is 15.6 Å². The molecule has 3 rings (SSSR count). The van der Waals surface area contributed by atoms with Crippen LogP contribution in [0.15, 0.2) is 48.5 Å². The maximum Gasteiger partial charge on any atom is 0.279 e. The van der Waals surface area contributed by atoms with E-state index in [1.807, 2.05) is 62.4 Å². The third-order valence-electron chi connectivity index (χ3n) is 4.38. The van der Waals surface area contributed by atoms with Gasteiger partial charge < -0.3 is 4.74 Å². The number of nitrogens with one attached hydrogen (secondary N) is 2. The van der Waals surface area contributed by atoms with Gasteiger partial charge in [0.15, 0.2) is 6.10 Å². The number of carbonyl (C=O) groups excluding carboxylic acids is 2. The lowest BCUT2D eigenvalue weighted by Gasteiger charge is -2.15. The van der Waals surface area contributed by atoms with Gasteiger partial charge in [-0.05, 0) is 49.7 Å². The monoisotopic (exact) mass is 380 g/mol. The minimum atomic E-state index is -0.752. The number of aryl methyl sites for hydroxylation is 3. The number of hydrogen-bond acceptors (Lipinski definition) is 4. The minimum absolute atomic E-state index is 0.210. The minimum Gasteiger partial charge on any atom is -0.481 e. The molecule has 146 valence electrons. The molecule has 1 heterocycles. The van der Waals surface area contributed by atoms with E-state index in [0.29, 0.717) is 12.3 Å². The van der Waals surface area contributed by atoms with Gasteiger partial charge in [-0.25, -0.2) is 0 Å². The first kappa shape index (κ1) is 19.4. The molecule has 0 bridgehead atoms. The van der Waals surface area contributed by atoms with Gasteiger partial charge in [0, 0.05) is 12.1 Å². The van der Waals surface area contributed by atoms with Crippen molar-refractivity contribution < 1.29 is 14.3 Å². The molecule has 1 unspecified atom stereocenters. The van der Waals surface area contributed by atoms with E-state index in [4.69, 9.17) is 4.74 Å². The van der Waals surface area contributed by atoms with Crippen LogP contribution in [0.1, 0.15) is 24.7 Å². The number of nitrogens with zero attached hydrogens (tertiary/aromatic N) is 2. The Morgan fingerprint density at radius 3 is 2.54 bits per heavy atom. The molecule has 1 atom stereocenters. The molecule has 0 saturated carbocycles. The van der Waals surface area contributed by atoms with Crippen LogP contribution in [0, 0.1) is 13.8 Å². The zero-order chi connectivity index (χ0) is 20.1. The molecule has 0 saturated heterocycles. The van der Waals surface area contributed by atoms with Gasteiger partial charge in [0.05, 0.1) is 12.2 Å². The second-order valence-corrected chi connectivity index (χ2v) is 6.71. The zero-order valence-corrected chi connectivity index (χ0v) is 16.2. The summed E-state index contributed by atoms with van der Waals surface area (Å²) >= 11 is 0. The molecule has 0 aliphatic heterocycles. The number of rotatable bonds is 6. The van der Waals surface area contributed by atoms with Crippen LogP contribution in [0.3, 0.4) is 0 Å². The summed E-state index contributed by atoms with van der Waals surface area (Å²) in [6.07, 6.45) is -0.542. The fourth-order valence-corrected chi connectivity index (χ4v) is 2.90. The fraction of sp³-hybridized carbons (Fsp3) is 0.286. The van der Waals surface area contributed by atoms with Crippen molar-refractivity contribution in [3.8, 4) is 5.75 Å². The maximum atomic E-state index is 12.2. The van der Waals surface area contributed by atoms with E-state index in [0.717, 1.165) is 22.2 Å². The maximum absolute atomic E-state index is 12.2. The van der Waals surface area contributed by atoms with Crippen molar-refractivity contribution in [2.24, 2.45) is 0 Å². The predicted molar refractivity (Wildman–Crippen MR) is 107 cm³/mol. The van der Waals surface area contributed by atoms with E-state index in [-0.39, 0.29) is 12.3 Å². The Kier molecular flexibility index (Phi) is 5.93. The lowest BCUT2D eigenvalue weighted by Crippen LogP contribution is -2.47. The quantitative estimate of drug-likeness (QED) is 0.644. The van der Waals surface area contributed by atoms with Crippen molar-refractivity contribution in [3.05, 3.63) is 59.9 Å². The summed E-state index contributed by atoms with van der Waals surface area (Å²) in [5.74, 6) is -0.122. The zero-order valence-electron chi connectivity index (χ0n) is 16.2. The summed E-state index contributed by atoms with van der Waals surface area (Å²) < 4.78 is 7.45. The second kappa shape index (κ2) is 8.56. The van der Waals surface area contributed by atoms with Crippen molar-refractivity contribution >= 4 is 22.6 Å². The predicted octanol–water partition coefficient (Wildman–Crippen LogP) is 2.66. The third-order valence-corrected chi connectivity index (χ3v) is 4.38. The number of hydrogen-bond donors (Lipinski definition) is 2. The third kappa shape index (κ3) is 4.88. The van der Waals surface area contributed by atoms with Crippen molar-refractivity contribution in [1.29, 1.82) is 0 Å². The molecule has 2 N–H and O–H groups in total. The molecule has 2 amide bonds. The number of amides is 2. The molecule has 1 aromatic heterocycles. The lowest BCUT2D eigenvalue weighted by atomic mass is 10.1. The molecule has 0 aliphatic carbocycles. The lowest BCUT2D eigenvalue weighted by molar-refractivity contribution is -0.132. The highest BCUT2D eigenvalue weighted by Crippen LogP contribution is 2.21. The first-order valence-electron chi connectivity index (χ1n) is 9.17. The summed E-state index contributed by atoms with van der Waals surface area (Å²) in [7, 11) is 0. The average molecular weight is 380 g/mol. The van der Waals surface area contributed by atoms with Gasteiger partial charge in [-0.2, -0.15) is 5.10 Å². The normalized spacial score (nSPS) is 11.8. The Morgan fingerprint density at radius 2 is 1.82 bits per heavy atom. The first-order chi connectivity index (χ1) is 13.4. The largest absolute Gasteiger partial charge is 0.481 e. The molecule has 0 aliphatic rings. The summed E-state index contributed by atoms with van der Waals surface area (Å²) in [4.78, 5) is 24.1. The Hall–Kier alpha value is -3.35. The second-order valence-electron chi connectivity index (χ2n) is 6.71. The summed E-state index contributed by atoms with van der Waals surface area (Å²) in [5.41, 5.74) is 6.72. The van der Waals surface area contributed by atoms with Crippen molar-refractivity contribution in [2.45, 2.75) is 39.8 Å². The highest BCUT2D eigenvalue weighted by Gasteiger charge is 2.16. The topological polar surface area (TPSA) is 85.2 Å². The molecule has 0 radical (unpaired) electrons. The number of carbonyl (C=O) groups is 2. The van der Waals surface area contributed by atoms with Gasteiger partial charge in [-0.3, -0.25) is 25.1 Å². The standard InChI is InChI=1S/C21H24N4O3/c1-14-12-15(2)25(24-14)11-10-20(26)22-23-21(27)16(3)28-19-9-8-17-6-4-5-7-18(17)13-19/h4-9,12-13,16H,10-11H2,1-3H3,(H,22,26)(H,23,27). The van der Waals surface area contributed by atoms with Gasteiger partial charge in [0.1, 0.15) is 5.75 Å². The van der Waals surface area contributed by atoms with Crippen LogP contribution in [0.5, 0.6) is 5.75 Å². The Balaban J connectivity index is 1.46. The number of benzene rings is 2. The van der Waals surface area contributed by atoms with Crippen LogP contribution in [0.25, 0.3) is 10.8 Å². The molecule has 0 spiro atoms. The van der Waals surface area contributed by atoms with E-state index >= 15 is 0 Å². The van der Waals surface area contributed by atoms with Crippen molar-refractivity contribution in [1.82, 2.24) is 20.6 Å². The van der Waals surface area contributed by atoms with Crippen molar-refractivity contribution in [2.75, 3.05) is 0 Å². The number of ether oxygens (including phenoxy) is 1. The summed E-state index contributed by atoms with van der Waals surface area (Å²) in [6.45, 7) is 5.92. The Morgan fingerprint density at radius 1 is 1.07 bits per heavy atom. The molecule has 2 aromatic carbocycles. The number of fused-ring (bicyclic) bond motifs is 1. The summed E-state index contributed by atoms with van der Waals surface area (Å²) in [6, 6.07) is 15.5. The molecule has 3 aromatic rings. The van der Waals surface area contributed by atoms with Crippen LogP contribution in [-0.2, 0) is 16.1 Å². The number of aromatic nitrogens is 2. The van der Waals surface area contributed by atoms with Crippen LogP contribution in [0.2, 0.25) is 0 Å². The average Bonchev–Trinajstić information content (AvgIpc) is 3.01. The molecule has 0 fully saturated rings. The van der Waals surface area contributed by atoms with E-state index in [1.165, 1.54) is 0 Å². The van der Waals surface area contributed by atoms with Crippen LogP contribution in [0.4, 0.5) is 0 Å². The van der Waals surface area contributed by atoms with Crippen molar-refractivity contribution in [3.63, 3.8) is 0 Å². The number of hydrazine groups is 1. The van der Waals surface area contributed by atoms with Crippen LogP contribution in [-0.4, -0.2) is 27.7 Å². The van der Waals surface area contributed by atoms with E-state index < -0.39 is 12.0 Å². The first-order valence-corrected chi connectivity index (χ1v) is 9.17. The summed E-state index contributed by atoms with van der Waals surface area (Å²) in [5, 5.41) is 6.43. The Bertz CT molecular complexity index is 996. The van der Waals surface area contributed by atoms with Gasteiger partial charge in [0.2, 0.25) is 5.91 Å². The Labute approximate surface area is 163 Å². The highest BCUT2D eigenvalue weighted by molar-refractivity contribution is 5.85. The van der Waals surface area contributed by atoms with E-state index in [2.05, 4.69) is 16.0 Å². The highest BCUT2D eigenvalue weighted by atomic mass is 16.5. The van der Waals surface area contributed by atoms with E-state index in [1.54, 1.807) is 11.6 Å². The fourth-order valence-electron chi connectivity index (χ4n) is 2.90. The molecular weight excluding hydrogens is 356 g/mol. The molecule has 7 heteroatoms. The molecular formula is C21H24N4O3.